The minimum absolute atomic E-state index is 0.0696. The third-order valence-corrected chi connectivity index (χ3v) is 8.57. The molecule has 2 aromatic carbocycles. The van der Waals surface area contributed by atoms with Gasteiger partial charge in [0.1, 0.15) is 34.4 Å². The molecule has 1 aliphatic carbocycles. The molecule has 3 atom stereocenters. The summed E-state index contributed by atoms with van der Waals surface area (Å²) in [6, 6.07) is 11.8. The number of carbonyl (C=O) groups excluding carboxylic acids is 2. The van der Waals surface area contributed by atoms with Gasteiger partial charge in [0.05, 0.1) is 24.6 Å². The number of hydrogen-bond donors (Lipinski definition) is 4. The molecule has 1 fully saturated rings. The number of imidazole rings is 1. The number of amides is 2. The molecule has 10 nitrogen and oxygen atoms in total. The molecule has 3 heterocycles. The molecule has 6 rings (SSSR count). The number of halogens is 1. The van der Waals surface area contributed by atoms with Crippen molar-refractivity contribution in [2.24, 2.45) is 0 Å². The molecule has 2 aromatic heterocycles. The number of carbonyl (C=O) groups is 2. The highest BCUT2D eigenvalue weighted by Crippen LogP contribution is 2.39. The van der Waals surface area contributed by atoms with Crippen LogP contribution in [0.3, 0.4) is 0 Å². The van der Waals surface area contributed by atoms with E-state index in [4.69, 9.17) is 15.5 Å². The second-order valence-corrected chi connectivity index (χ2v) is 11.8. The molecule has 11 heteroatoms. The van der Waals surface area contributed by atoms with Gasteiger partial charge < -0.3 is 26.4 Å². The minimum Gasteiger partial charge on any atom is -0.496 e. The summed E-state index contributed by atoms with van der Waals surface area (Å²) >= 11 is 0. The van der Waals surface area contributed by atoms with Gasteiger partial charge in [-0.05, 0) is 69.0 Å². The average Bonchev–Trinajstić information content (AvgIpc) is 3.66. The molecule has 234 valence electrons. The van der Waals surface area contributed by atoms with Gasteiger partial charge in [0, 0.05) is 36.5 Å². The Morgan fingerprint density at radius 2 is 2.02 bits per heavy atom. The third-order valence-electron chi connectivity index (χ3n) is 8.57. The lowest BCUT2D eigenvalue weighted by atomic mass is 10.1. The van der Waals surface area contributed by atoms with Crippen molar-refractivity contribution in [3.8, 4) is 17.0 Å². The summed E-state index contributed by atoms with van der Waals surface area (Å²) in [6.07, 6.45) is 9.78. The molecular weight excluding hydrogens is 573 g/mol. The number of hydrogen-bond acceptors (Lipinski definition) is 7. The van der Waals surface area contributed by atoms with Crippen LogP contribution in [-0.4, -0.2) is 51.9 Å². The smallest absolute Gasteiger partial charge is 0.255 e. The van der Waals surface area contributed by atoms with E-state index in [1.165, 1.54) is 19.2 Å². The second kappa shape index (κ2) is 13.1. The van der Waals surface area contributed by atoms with Crippen molar-refractivity contribution >= 4 is 29.2 Å². The fraction of sp³-hybridized carbons (Fsp3) is 0.353. The highest BCUT2D eigenvalue weighted by molar-refractivity contribution is 5.97. The number of nitrogen functional groups attached to an aromatic ring is 1. The Balaban J connectivity index is 1.30. The van der Waals surface area contributed by atoms with Gasteiger partial charge in [-0.3, -0.25) is 14.0 Å². The van der Waals surface area contributed by atoms with Crippen molar-refractivity contribution in [1.82, 2.24) is 30.3 Å². The Bertz CT molecular complexity index is 1750. The summed E-state index contributed by atoms with van der Waals surface area (Å²) in [6.45, 7) is 3.04. The fourth-order valence-electron chi connectivity index (χ4n) is 6.30. The number of anilines is 1. The van der Waals surface area contributed by atoms with Crippen LogP contribution in [-0.2, 0) is 11.3 Å². The summed E-state index contributed by atoms with van der Waals surface area (Å²) in [7, 11) is 1.44. The maximum atomic E-state index is 13.8. The van der Waals surface area contributed by atoms with Gasteiger partial charge in [0.2, 0.25) is 5.91 Å². The summed E-state index contributed by atoms with van der Waals surface area (Å²) in [5, 5.41) is 9.50. The molecule has 2 amide bonds. The molecule has 5 N–H and O–H groups in total. The number of aromatic nitrogens is 3. The normalized spacial score (nSPS) is 21.0. The zero-order valence-corrected chi connectivity index (χ0v) is 25.5. The molecule has 0 saturated heterocycles. The highest BCUT2D eigenvalue weighted by Gasteiger charge is 2.32. The van der Waals surface area contributed by atoms with Crippen molar-refractivity contribution in [3.05, 3.63) is 83.2 Å². The van der Waals surface area contributed by atoms with Crippen LogP contribution in [0.25, 0.3) is 22.9 Å². The Hall–Kier alpha value is -4.77. The van der Waals surface area contributed by atoms with Crippen LogP contribution in [0.15, 0.2) is 54.7 Å². The first kappa shape index (κ1) is 30.3. The quantitative estimate of drug-likeness (QED) is 0.259. The fourth-order valence-corrected chi connectivity index (χ4v) is 6.30. The van der Waals surface area contributed by atoms with Gasteiger partial charge in [-0.15, -0.1) is 0 Å². The lowest BCUT2D eigenvalue weighted by molar-refractivity contribution is -0.122. The van der Waals surface area contributed by atoms with Crippen LogP contribution in [0.5, 0.6) is 5.75 Å². The van der Waals surface area contributed by atoms with Crippen LogP contribution in [0.2, 0.25) is 0 Å². The number of nitrogens with one attached hydrogen (secondary N) is 3. The molecule has 0 unspecified atom stereocenters. The SMILES string of the molecule is COc1ccc(F)cc1C(=O)NCc1ccc(-c2nc3n4c(cnc(N)c24)/C=C/CCN[C@H](C)CC(=O)N[C@@H]2CC[C@@H]3C2)cc1. The van der Waals surface area contributed by atoms with Gasteiger partial charge in [-0.1, -0.05) is 30.3 Å². The Kier molecular flexibility index (Phi) is 8.79. The van der Waals surface area contributed by atoms with E-state index in [9.17, 15) is 14.0 Å². The van der Waals surface area contributed by atoms with Crippen LogP contribution in [0.4, 0.5) is 10.2 Å². The third kappa shape index (κ3) is 6.53. The van der Waals surface area contributed by atoms with Crippen LogP contribution >= 0.6 is 0 Å². The van der Waals surface area contributed by atoms with E-state index in [1.54, 1.807) is 6.20 Å². The van der Waals surface area contributed by atoms with Crippen molar-refractivity contribution in [2.45, 2.75) is 63.6 Å². The lowest BCUT2D eigenvalue weighted by Gasteiger charge is -2.16. The first-order valence-electron chi connectivity index (χ1n) is 15.4. The van der Waals surface area contributed by atoms with Crippen molar-refractivity contribution in [3.63, 3.8) is 0 Å². The first-order chi connectivity index (χ1) is 21.8. The first-order valence-corrected chi connectivity index (χ1v) is 15.4. The van der Waals surface area contributed by atoms with Crippen LogP contribution in [0, 0.1) is 5.82 Å². The number of methoxy groups -OCH3 is 1. The zero-order chi connectivity index (χ0) is 31.5. The van der Waals surface area contributed by atoms with Gasteiger partial charge in [-0.2, -0.15) is 0 Å². The van der Waals surface area contributed by atoms with E-state index in [2.05, 4.69) is 37.5 Å². The lowest BCUT2D eigenvalue weighted by Crippen LogP contribution is -2.38. The predicted molar refractivity (Wildman–Crippen MR) is 171 cm³/mol. The van der Waals surface area contributed by atoms with E-state index in [0.29, 0.717) is 18.0 Å². The maximum absolute atomic E-state index is 13.8. The van der Waals surface area contributed by atoms with E-state index in [-0.39, 0.29) is 36.0 Å². The molecule has 0 radical (unpaired) electrons. The van der Waals surface area contributed by atoms with E-state index in [1.807, 2.05) is 31.2 Å². The van der Waals surface area contributed by atoms with Gasteiger partial charge >= 0.3 is 0 Å². The number of nitrogens with two attached hydrogens (primary N) is 1. The standard InChI is InChI=1S/C34H38FN7O3/c1-20-15-29(43)40-25-12-10-23(16-25)33-41-30(31-32(36)38-19-26(42(31)33)5-3-4-14-37-20)22-8-6-21(7-9-22)18-39-34(44)27-17-24(35)11-13-28(27)45-2/h3,5-9,11,13,17,19-20,23,25,37H,4,10,12,14-16,18H2,1-2H3,(H2,36,38)(H,39,44)(H,40,43)/b5-3+/t20-,23-,25-/m1/s1. The Morgan fingerprint density at radius 1 is 1.20 bits per heavy atom. The zero-order valence-electron chi connectivity index (χ0n) is 25.5. The molecule has 0 spiro atoms. The number of ether oxygens (including phenoxy) is 1. The second-order valence-electron chi connectivity index (χ2n) is 11.8. The Labute approximate surface area is 261 Å². The van der Waals surface area contributed by atoms with E-state index >= 15 is 0 Å². The monoisotopic (exact) mass is 611 g/mol. The molecular formula is C34H38FN7O3. The van der Waals surface area contributed by atoms with Crippen molar-refractivity contribution in [1.29, 1.82) is 0 Å². The largest absolute Gasteiger partial charge is 0.496 e. The number of nitrogens with zero attached hydrogens (tertiary/aromatic N) is 3. The summed E-state index contributed by atoms with van der Waals surface area (Å²) < 4.78 is 21.1. The minimum atomic E-state index is -0.511. The molecule has 2 aliphatic rings. The van der Waals surface area contributed by atoms with Gasteiger partial charge in [0.15, 0.2) is 0 Å². The predicted octanol–water partition coefficient (Wildman–Crippen LogP) is 4.59. The van der Waals surface area contributed by atoms with Crippen LogP contribution in [0.1, 0.15) is 72.4 Å². The van der Waals surface area contributed by atoms with Gasteiger partial charge in [-0.25, -0.2) is 14.4 Å². The Morgan fingerprint density at radius 3 is 2.82 bits per heavy atom. The molecule has 45 heavy (non-hydrogen) atoms. The van der Waals surface area contributed by atoms with Gasteiger partial charge in [0.25, 0.3) is 5.91 Å². The summed E-state index contributed by atoms with van der Waals surface area (Å²) in [4.78, 5) is 35.2. The summed E-state index contributed by atoms with van der Waals surface area (Å²) in [5.74, 6) is 0.869. The molecule has 1 aliphatic heterocycles. The molecule has 4 aromatic rings. The molecule has 2 bridgehead atoms. The number of fused-ring (bicyclic) bond motifs is 3. The highest BCUT2D eigenvalue weighted by atomic mass is 19.1. The van der Waals surface area contributed by atoms with E-state index < -0.39 is 11.7 Å². The maximum Gasteiger partial charge on any atom is 0.255 e. The topological polar surface area (TPSA) is 136 Å². The van der Waals surface area contributed by atoms with Crippen molar-refractivity contribution in [2.75, 3.05) is 19.4 Å². The van der Waals surface area contributed by atoms with Crippen LogP contribution < -0.4 is 26.4 Å². The average molecular weight is 612 g/mol. The number of benzene rings is 2. The van der Waals surface area contributed by atoms with E-state index in [0.717, 1.165) is 72.2 Å². The number of rotatable bonds is 5. The summed E-state index contributed by atoms with van der Waals surface area (Å²) in [5.41, 5.74) is 10.8. The molecule has 1 saturated carbocycles. The van der Waals surface area contributed by atoms with Crippen molar-refractivity contribution < 1.29 is 18.7 Å².